The Morgan fingerprint density at radius 1 is 1.16 bits per heavy atom. The fourth-order valence-electron chi connectivity index (χ4n) is 2.90. The molecule has 1 rings (SSSR count). The zero-order chi connectivity index (χ0) is 19.2. The second-order valence-corrected chi connectivity index (χ2v) is 6.70. The van der Waals surface area contributed by atoms with Crippen molar-refractivity contribution in [2.45, 2.75) is 46.5 Å². The van der Waals surface area contributed by atoms with Crippen LogP contribution in [0.3, 0.4) is 0 Å². The minimum Gasteiger partial charge on any atom is -0.507 e. The number of ketones is 2. The lowest BCUT2D eigenvalue weighted by Crippen LogP contribution is -2.40. The lowest BCUT2D eigenvalue weighted by Gasteiger charge is -2.37. The van der Waals surface area contributed by atoms with E-state index in [0.29, 0.717) is 31.4 Å². The molecule has 0 aromatic carbocycles. The van der Waals surface area contributed by atoms with Crippen LogP contribution in [0.15, 0.2) is 47.5 Å². The maximum Gasteiger partial charge on any atom is 0.188 e. The van der Waals surface area contributed by atoms with Crippen molar-refractivity contribution in [3.8, 4) is 0 Å². The first-order valence-electron chi connectivity index (χ1n) is 8.27. The average Bonchev–Trinajstić information content (AvgIpc) is 2.50. The first kappa shape index (κ1) is 20.9. The number of rotatable bonds is 10. The molecule has 0 aromatic rings. The molecule has 25 heavy (non-hydrogen) atoms. The summed E-state index contributed by atoms with van der Waals surface area (Å²) in [5, 5.41) is 10.2. The van der Waals surface area contributed by atoms with Crippen molar-refractivity contribution in [3.63, 3.8) is 0 Å². The molecule has 0 heterocycles. The first-order chi connectivity index (χ1) is 11.7. The molecule has 0 fully saturated rings. The first-order valence-corrected chi connectivity index (χ1v) is 8.27. The van der Waals surface area contributed by atoms with Crippen LogP contribution in [0.2, 0.25) is 0 Å². The molecule has 5 heteroatoms. The Hall–Kier alpha value is -2.14. The number of allylic oxidation sites excluding steroid dienone is 5. The maximum atomic E-state index is 13.2. The molecule has 0 aliphatic heterocycles. The second kappa shape index (κ2) is 8.81. The van der Waals surface area contributed by atoms with E-state index in [1.54, 1.807) is 0 Å². The third-order valence-electron chi connectivity index (χ3n) is 4.30. The fraction of sp³-hybridized carbons (Fsp3) is 0.500. The van der Waals surface area contributed by atoms with Crippen molar-refractivity contribution < 1.29 is 24.2 Å². The van der Waals surface area contributed by atoms with E-state index in [2.05, 4.69) is 13.2 Å². The molecule has 1 aliphatic carbocycles. The molecular formula is C20H28O5. The van der Waals surface area contributed by atoms with Crippen LogP contribution >= 0.6 is 0 Å². The van der Waals surface area contributed by atoms with Gasteiger partial charge in [0.1, 0.15) is 17.1 Å². The average molecular weight is 348 g/mol. The van der Waals surface area contributed by atoms with Gasteiger partial charge < -0.3 is 14.6 Å². The highest BCUT2D eigenvalue weighted by molar-refractivity contribution is 6.23. The zero-order valence-corrected chi connectivity index (χ0v) is 15.6. The van der Waals surface area contributed by atoms with E-state index < -0.39 is 17.0 Å². The van der Waals surface area contributed by atoms with Gasteiger partial charge in [-0.2, -0.15) is 0 Å². The van der Waals surface area contributed by atoms with Crippen LogP contribution in [0.25, 0.3) is 0 Å². The van der Waals surface area contributed by atoms with Crippen molar-refractivity contribution in [1.29, 1.82) is 0 Å². The van der Waals surface area contributed by atoms with Gasteiger partial charge in [-0.3, -0.25) is 9.59 Å². The van der Waals surface area contributed by atoms with Gasteiger partial charge in [0, 0.05) is 13.2 Å². The van der Waals surface area contributed by atoms with Gasteiger partial charge in [0.25, 0.3) is 0 Å². The van der Waals surface area contributed by atoms with Gasteiger partial charge >= 0.3 is 0 Å². The van der Waals surface area contributed by atoms with Gasteiger partial charge in [0.2, 0.25) is 0 Å². The fourth-order valence-corrected chi connectivity index (χ4v) is 2.90. The predicted octanol–water partition coefficient (Wildman–Crippen LogP) is 4.17. The summed E-state index contributed by atoms with van der Waals surface area (Å²) in [7, 11) is 1.48. The van der Waals surface area contributed by atoms with Crippen LogP contribution in [0.1, 0.15) is 46.5 Å². The van der Waals surface area contributed by atoms with Crippen LogP contribution in [0.4, 0.5) is 0 Å². The number of ether oxygens (including phenoxy) is 2. The molecule has 0 aromatic heterocycles. The summed E-state index contributed by atoms with van der Waals surface area (Å²) in [4.78, 5) is 25.2. The number of hydrogen-bond donors (Lipinski definition) is 1. The Labute approximate surface area is 149 Å². The minimum atomic E-state index is -1.04. The highest BCUT2D eigenvalue weighted by Gasteiger charge is 2.48. The van der Waals surface area contributed by atoms with Gasteiger partial charge in [0.15, 0.2) is 18.4 Å². The van der Waals surface area contributed by atoms with Gasteiger partial charge in [-0.05, 0) is 46.5 Å². The van der Waals surface area contributed by atoms with Crippen molar-refractivity contribution in [2.75, 3.05) is 13.9 Å². The molecule has 0 spiro atoms. The summed E-state index contributed by atoms with van der Waals surface area (Å²) in [5.74, 6) is -0.901. The largest absolute Gasteiger partial charge is 0.507 e. The summed E-state index contributed by atoms with van der Waals surface area (Å²) >= 11 is 0. The minimum absolute atomic E-state index is 0.0519. The van der Waals surface area contributed by atoms with Crippen molar-refractivity contribution in [3.05, 3.63) is 47.5 Å². The maximum absolute atomic E-state index is 13.2. The molecule has 5 nitrogen and oxygen atoms in total. The van der Waals surface area contributed by atoms with Crippen molar-refractivity contribution in [2.24, 2.45) is 5.41 Å². The van der Waals surface area contributed by atoms with Gasteiger partial charge in [0.05, 0.1) is 5.41 Å². The summed E-state index contributed by atoms with van der Waals surface area (Å²) in [6.45, 7) is 12.8. The molecule has 0 saturated carbocycles. The Kier molecular flexibility index (Phi) is 7.37. The lowest BCUT2D eigenvalue weighted by atomic mass is 9.67. The third kappa shape index (κ3) is 4.92. The smallest absolute Gasteiger partial charge is 0.188 e. The summed E-state index contributed by atoms with van der Waals surface area (Å²) in [5.41, 5.74) is 0.644. The van der Waals surface area contributed by atoms with Crippen LogP contribution < -0.4 is 0 Å². The number of Topliss-reactive ketones (excluding diaryl/α,β-unsaturated/α-hetero) is 2. The number of carbonyl (C=O) groups excluding carboxylic acids is 2. The van der Waals surface area contributed by atoms with Gasteiger partial charge in [-0.1, -0.05) is 11.1 Å². The molecule has 0 bridgehead atoms. The van der Waals surface area contributed by atoms with Crippen molar-refractivity contribution >= 4 is 11.6 Å². The van der Waals surface area contributed by atoms with Gasteiger partial charge in [-0.15, -0.1) is 13.2 Å². The number of hydrogen-bond acceptors (Lipinski definition) is 5. The molecule has 1 aliphatic rings. The topological polar surface area (TPSA) is 72.8 Å². The number of aliphatic hydroxyl groups excluding tert-OH is 1. The van der Waals surface area contributed by atoms with Crippen LogP contribution in [-0.2, 0) is 19.1 Å². The van der Waals surface area contributed by atoms with E-state index in [-0.39, 0.29) is 18.1 Å². The predicted molar refractivity (Wildman–Crippen MR) is 96.9 cm³/mol. The normalized spacial score (nSPS) is 16.5. The highest BCUT2D eigenvalue weighted by atomic mass is 16.7. The lowest BCUT2D eigenvalue weighted by molar-refractivity contribution is -0.130. The van der Waals surface area contributed by atoms with E-state index in [9.17, 15) is 14.7 Å². The van der Waals surface area contributed by atoms with Crippen LogP contribution in [0, 0.1) is 5.41 Å². The molecule has 0 saturated heterocycles. The van der Waals surface area contributed by atoms with E-state index in [0.717, 1.165) is 11.1 Å². The summed E-state index contributed by atoms with van der Waals surface area (Å²) < 4.78 is 10.6. The Bertz CT molecular complexity index is 618. The quantitative estimate of drug-likeness (QED) is 0.364. The molecule has 138 valence electrons. The molecule has 0 amide bonds. The molecular weight excluding hydrogens is 320 g/mol. The highest BCUT2D eigenvalue weighted by Crippen LogP contribution is 2.46. The second-order valence-electron chi connectivity index (χ2n) is 6.70. The van der Waals surface area contributed by atoms with E-state index >= 15 is 0 Å². The Morgan fingerprint density at radius 2 is 1.68 bits per heavy atom. The van der Waals surface area contributed by atoms with Crippen LogP contribution in [0.5, 0.6) is 0 Å². The Morgan fingerprint density at radius 3 is 2.08 bits per heavy atom. The number of carbonyl (C=O) groups is 2. The standard InChI is InChI=1S/C20H28O5/c1-13(2)7-9-20(10-8-14(3)4)17(25-12-24-6)11-16(22)18(15(5)21)19(20)23/h11,22H,1,3,7-10,12H2,2,4-6H3. The van der Waals surface area contributed by atoms with Crippen molar-refractivity contribution in [1.82, 2.24) is 0 Å². The monoisotopic (exact) mass is 348 g/mol. The van der Waals surface area contributed by atoms with Crippen LogP contribution in [-0.4, -0.2) is 30.6 Å². The zero-order valence-electron chi connectivity index (χ0n) is 15.6. The summed E-state index contributed by atoms with van der Waals surface area (Å²) in [6, 6.07) is 0. The van der Waals surface area contributed by atoms with E-state index in [1.165, 1.54) is 20.1 Å². The number of aliphatic hydroxyl groups is 1. The molecule has 1 N–H and O–H groups in total. The summed E-state index contributed by atoms with van der Waals surface area (Å²) in [6.07, 6.45) is 3.44. The Balaban J connectivity index is 3.45. The molecule has 0 atom stereocenters. The number of methoxy groups -OCH3 is 1. The van der Waals surface area contributed by atoms with Gasteiger partial charge in [-0.25, -0.2) is 0 Å². The van der Waals surface area contributed by atoms with E-state index in [4.69, 9.17) is 9.47 Å². The third-order valence-corrected chi connectivity index (χ3v) is 4.30. The molecule has 0 unspecified atom stereocenters. The SMILES string of the molecule is C=C(C)CCC1(CCC(=C)C)C(=O)C(C(C)=O)=C(O)C=C1OCOC. The van der Waals surface area contributed by atoms with E-state index in [1.807, 2.05) is 13.8 Å². The molecule has 0 radical (unpaired) electrons.